The summed E-state index contributed by atoms with van der Waals surface area (Å²) in [6.07, 6.45) is 0. The Balaban J connectivity index is 0.00000162. The van der Waals surface area contributed by atoms with Gasteiger partial charge >= 0.3 is 0 Å². The van der Waals surface area contributed by atoms with E-state index in [1.165, 1.54) is 0 Å². The number of nitrogens with zero attached hydrogens (tertiary/aromatic N) is 1. The summed E-state index contributed by atoms with van der Waals surface area (Å²) in [5.74, 6) is -0.0294. The Morgan fingerprint density at radius 3 is 2.84 bits per heavy atom. The van der Waals surface area contributed by atoms with Crippen molar-refractivity contribution in [2.75, 3.05) is 19.6 Å². The van der Waals surface area contributed by atoms with Gasteiger partial charge in [-0.2, -0.15) is 0 Å². The first kappa shape index (κ1) is 18.1. The van der Waals surface area contributed by atoms with Gasteiger partial charge < -0.3 is 10.6 Å². The Labute approximate surface area is 128 Å². The van der Waals surface area contributed by atoms with E-state index in [-0.39, 0.29) is 30.7 Å². The van der Waals surface area contributed by atoms with Crippen molar-refractivity contribution in [2.45, 2.75) is 6.92 Å². The molecule has 0 aliphatic carbocycles. The van der Waals surface area contributed by atoms with Crippen LogP contribution in [0, 0.1) is 0 Å². The maximum atomic E-state index is 11.8. The molecule has 0 spiro atoms. The van der Waals surface area contributed by atoms with Crippen LogP contribution < -0.4 is 10.6 Å². The summed E-state index contributed by atoms with van der Waals surface area (Å²) in [6.45, 7) is 4.40. The van der Waals surface area contributed by atoms with Gasteiger partial charge in [-0.15, -0.1) is 36.2 Å². The maximum absolute atomic E-state index is 11.8. The number of hydrogen-bond acceptors (Lipinski definition) is 4. The highest BCUT2D eigenvalue weighted by molar-refractivity contribution is 7.16. The van der Waals surface area contributed by atoms with Crippen molar-refractivity contribution >= 4 is 52.3 Å². The van der Waals surface area contributed by atoms with E-state index in [4.69, 9.17) is 0 Å². The third-order valence-electron chi connectivity index (χ3n) is 2.43. The van der Waals surface area contributed by atoms with Crippen molar-refractivity contribution < 1.29 is 4.79 Å². The molecular formula is C12H17Cl2N3OS. The fourth-order valence-corrected chi connectivity index (χ4v) is 2.26. The number of likely N-dealkylation sites (N-methyl/N-ethyl adjacent to an activating group) is 1. The quantitative estimate of drug-likeness (QED) is 0.832. The SMILES string of the molecule is CCNCCNC(=O)c1ccc2ncsc2c1.Cl.Cl. The molecule has 1 heterocycles. The topological polar surface area (TPSA) is 54.0 Å². The molecule has 0 saturated heterocycles. The molecule has 0 radical (unpaired) electrons. The standard InChI is InChI=1S/C12H15N3OS.2ClH/c1-2-13-5-6-14-12(16)9-3-4-10-11(7-9)17-8-15-10;;/h3-4,7-8,13H,2,5-6H2,1H3,(H,14,16);2*1H. The van der Waals surface area contributed by atoms with Crippen molar-refractivity contribution in [3.8, 4) is 0 Å². The number of carbonyl (C=O) groups excluding carboxylic acids is 1. The lowest BCUT2D eigenvalue weighted by molar-refractivity contribution is 0.0954. The molecular weight excluding hydrogens is 305 g/mol. The third-order valence-corrected chi connectivity index (χ3v) is 3.22. The number of rotatable bonds is 5. The lowest BCUT2D eigenvalue weighted by Gasteiger charge is -2.05. The first-order valence-corrected chi connectivity index (χ1v) is 6.51. The summed E-state index contributed by atoms with van der Waals surface area (Å²) in [5, 5.41) is 6.03. The number of amides is 1. The molecule has 0 aliphatic rings. The molecule has 106 valence electrons. The molecule has 0 unspecified atom stereocenters. The molecule has 1 aromatic heterocycles. The van der Waals surface area contributed by atoms with Crippen LogP contribution in [0.3, 0.4) is 0 Å². The van der Waals surface area contributed by atoms with Crippen molar-refractivity contribution in [3.63, 3.8) is 0 Å². The summed E-state index contributed by atoms with van der Waals surface area (Å²) in [4.78, 5) is 16.0. The molecule has 2 rings (SSSR count). The highest BCUT2D eigenvalue weighted by atomic mass is 35.5. The highest BCUT2D eigenvalue weighted by Crippen LogP contribution is 2.18. The van der Waals surface area contributed by atoms with Gasteiger partial charge in [-0.05, 0) is 24.7 Å². The predicted molar refractivity (Wildman–Crippen MR) is 85.0 cm³/mol. The van der Waals surface area contributed by atoms with Crippen molar-refractivity contribution in [1.82, 2.24) is 15.6 Å². The summed E-state index contributed by atoms with van der Waals surface area (Å²) >= 11 is 1.55. The molecule has 2 N–H and O–H groups in total. The van der Waals surface area contributed by atoms with E-state index in [9.17, 15) is 4.79 Å². The van der Waals surface area contributed by atoms with Crippen molar-refractivity contribution in [1.29, 1.82) is 0 Å². The molecule has 0 saturated carbocycles. The Morgan fingerprint density at radius 2 is 2.11 bits per heavy atom. The zero-order chi connectivity index (χ0) is 12.1. The lowest BCUT2D eigenvalue weighted by atomic mass is 10.2. The van der Waals surface area contributed by atoms with Gasteiger partial charge in [-0.1, -0.05) is 6.92 Å². The number of benzene rings is 1. The lowest BCUT2D eigenvalue weighted by Crippen LogP contribution is -2.31. The van der Waals surface area contributed by atoms with Crippen LogP contribution in [0.5, 0.6) is 0 Å². The van der Waals surface area contributed by atoms with E-state index in [2.05, 4.69) is 15.6 Å². The number of thiazole rings is 1. The van der Waals surface area contributed by atoms with Crippen molar-refractivity contribution in [3.05, 3.63) is 29.3 Å². The van der Waals surface area contributed by atoms with Crippen LogP contribution in [0.2, 0.25) is 0 Å². The summed E-state index contributed by atoms with van der Waals surface area (Å²) in [5.41, 5.74) is 3.43. The molecule has 1 amide bonds. The van der Waals surface area contributed by atoms with Gasteiger partial charge in [0.25, 0.3) is 5.91 Å². The molecule has 0 bridgehead atoms. The second kappa shape index (κ2) is 9.09. The molecule has 4 nitrogen and oxygen atoms in total. The van der Waals surface area contributed by atoms with E-state index in [0.29, 0.717) is 12.1 Å². The first-order chi connectivity index (χ1) is 8.31. The number of nitrogens with one attached hydrogen (secondary N) is 2. The van der Waals surface area contributed by atoms with Gasteiger partial charge in [-0.3, -0.25) is 4.79 Å². The van der Waals surface area contributed by atoms with Gasteiger partial charge in [0.05, 0.1) is 15.7 Å². The minimum absolute atomic E-state index is 0. The smallest absolute Gasteiger partial charge is 0.251 e. The van der Waals surface area contributed by atoms with Gasteiger partial charge in [0, 0.05) is 18.7 Å². The molecule has 0 aliphatic heterocycles. The fourth-order valence-electron chi connectivity index (χ4n) is 1.54. The maximum Gasteiger partial charge on any atom is 0.251 e. The van der Waals surface area contributed by atoms with Crippen LogP contribution in [-0.4, -0.2) is 30.5 Å². The highest BCUT2D eigenvalue weighted by Gasteiger charge is 2.06. The van der Waals surface area contributed by atoms with E-state index >= 15 is 0 Å². The van der Waals surface area contributed by atoms with E-state index < -0.39 is 0 Å². The molecule has 1 aromatic carbocycles. The Bertz CT molecular complexity index is 518. The summed E-state index contributed by atoms with van der Waals surface area (Å²) < 4.78 is 1.05. The van der Waals surface area contributed by atoms with Crippen LogP contribution in [0.1, 0.15) is 17.3 Å². The van der Waals surface area contributed by atoms with Gasteiger partial charge in [0.1, 0.15) is 0 Å². The van der Waals surface area contributed by atoms with E-state index in [0.717, 1.165) is 23.3 Å². The number of fused-ring (bicyclic) bond motifs is 1. The summed E-state index contributed by atoms with van der Waals surface area (Å²) in [7, 11) is 0. The third kappa shape index (κ3) is 4.95. The van der Waals surface area contributed by atoms with Crippen LogP contribution in [0.25, 0.3) is 10.2 Å². The molecule has 7 heteroatoms. The van der Waals surface area contributed by atoms with Crippen molar-refractivity contribution in [2.24, 2.45) is 0 Å². The molecule has 19 heavy (non-hydrogen) atoms. The average Bonchev–Trinajstić information content (AvgIpc) is 2.81. The Kier molecular flexibility index (Phi) is 8.67. The predicted octanol–water partition coefficient (Wildman–Crippen LogP) is 2.48. The average molecular weight is 322 g/mol. The zero-order valence-electron chi connectivity index (χ0n) is 10.5. The first-order valence-electron chi connectivity index (χ1n) is 5.63. The monoisotopic (exact) mass is 321 g/mol. The van der Waals surface area contributed by atoms with Gasteiger partial charge in [0.15, 0.2) is 0 Å². The van der Waals surface area contributed by atoms with E-state index in [1.54, 1.807) is 16.8 Å². The number of aromatic nitrogens is 1. The van der Waals surface area contributed by atoms with Gasteiger partial charge in [0.2, 0.25) is 0 Å². The number of carbonyl (C=O) groups is 1. The Morgan fingerprint density at radius 1 is 1.32 bits per heavy atom. The normalized spacial score (nSPS) is 9.53. The van der Waals surface area contributed by atoms with E-state index in [1.807, 2.05) is 25.1 Å². The largest absolute Gasteiger partial charge is 0.351 e. The Hall–Kier alpha value is -0.880. The van der Waals surface area contributed by atoms with Crippen LogP contribution in [0.15, 0.2) is 23.7 Å². The van der Waals surface area contributed by atoms with Crippen LogP contribution >= 0.6 is 36.2 Å². The molecule has 0 atom stereocenters. The second-order valence-corrected chi connectivity index (χ2v) is 4.53. The minimum atomic E-state index is -0.0294. The second-order valence-electron chi connectivity index (χ2n) is 3.64. The zero-order valence-corrected chi connectivity index (χ0v) is 13.0. The number of halogens is 2. The van der Waals surface area contributed by atoms with Crippen LogP contribution in [-0.2, 0) is 0 Å². The molecule has 0 fully saturated rings. The number of hydrogen-bond donors (Lipinski definition) is 2. The molecule has 2 aromatic rings. The fraction of sp³-hybridized carbons (Fsp3) is 0.333. The summed E-state index contributed by atoms with van der Waals surface area (Å²) in [6, 6.07) is 5.57. The minimum Gasteiger partial charge on any atom is -0.351 e. The van der Waals surface area contributed by atoms with Crippen LogP contribution in [0.4, 0.5) is 0 Å². The van der Waals surface area contributed by atoms with Gasteiger partial charge in [-0.25, -0.2) is 4.98 Å².